The standard InChI is InChI=1S/C32H48N4O10S2/c1-31(2,3)45-29(39)20-36(21-30(40)46-32(4,5)6)48(43,44)25-11-9-24(10-12-25)35-16-14-23(15-17-35)33-19-28(38)22-8-13-27(37)26(18-22)34-47(7,41)42/h8-13,18,23,28,33-34,37-38H,14-17,19-21H2,1-7H3/t28-/m1/s1. The van der Waals surface area contributed by atoms with E-state index in [2.05, 4.69) is 14.9 Å². The van der Waals surface area contributed by atoms with E-state index < -0.39 is 62.4 Å². The molecule has 0 spiro atoms. The Morgan fingerprint density at radius 2 is 1.44 bits per heavy atom. The smallest absolute Gasteiger partial charge is 0.321 e. The van der Waals surface area contributed by atoms with E-state index >= 15 is 0 Å². The summed E-state index contributed by atoms with van der Waals surface area (Å²) in [5.41, 5.74) is -0.472. The first-order valence-corrected chi connectivity index (χ1v) is 18.9. The van der Waals surface area contributed by atoms with Gasteiger partial charge in [0, 0.05) is 31.4 Å². The number of carbonyl (C=O) groups is 2. The average molecular weight is 713 g/mol. The summed E-state index contributed by atoms with van der Waals surface area (Å²) in [7, 11) is -7.89. The van der Waals surface area contributed by atoms with Crippen LogP contribution in [0.5, 0.6) is 5.75 Å². The second kappa shape index (κ2) is 15.4. The molecule has 1 fully saturated rings. The van der Waals surface area contributed by atoms with E-state index in [0.29, 0.717) is 18.7 Å². The lowest BCUT2D eigenvalue weighted by molar-refractivity contribution is -0.157. The first-order chi connectivity index (χ1) is 22.0. The zero-order valence-corrected chi connectivity index (χ0v) is 30.2. The molecule has 0 unspecified atom stereocenters. The number of aliphatic hydroxyl groups excluding tert-OH is 1. The lowest BCUT2D eigenvalue weighted by atomic mass is 10.0. The van der Waals surface area contributed by atoms with Gasteiger partial charge >= 0.3 is 11.9 Å². The first-order valence-electron chi connectivity index (χ1n) is 15.5. The number of rotatable bonds is 13. The van der Waals surface area contributed by atoms with Crippen LogP contribution in [0.3, 0.4) is 0 Å². The Kier molecular flexibility index (Phi) is 12.5. The van der Waals surface area contributed by atoms with Gasteiger partial charge in [-0.05, 0) is 96.3 Å². The number of hydrogen-bond acceptors (Lipinski definition) is 12. The minimum atomic E-state index is -4.28. The molecular weight excluding hydrogens is 665 g/mol. The molecule has 1 aliphatic rings. The van der Waals surface area contributed by atoms with Gasteiger partial charge in [0.15, 0.2) is 0 Å². The monoisotopic (exact) mass is 712 g/mol. The van der Waals surface area contributed by atoms with Crippen LogP contribution in [0, 0.1) is 0 Å². The van der Waals surface area contributed by atoms with Crippen molar-refractivity contribution in [1.82, 2.24) is 9.62 Å². The molecular formula is C32H48N4O10S2. The van der Waals surface area contributed by atoms with Crippen molar-refractivity contribution in [3.05, 3.63) is 48.0 Å². The number of carbonyl (C=O) groups excluding carboxylic acids is 2. The second-order valence-corrected chi connectivity index (χ2v) is 17.5. The fourth-order valence-corrected chi connectivity index (χ4v) is 6.91. The van der Waals surface area contributed by atoms with Crippen molar-refractivity contribution in [2.75, 3.05) is 48.6 Å². The van der Waals surface area contributed by atoms with E-state index in [1.807, 2.05) is 0 Å². The van der Waals surface area contributed by atoms with Gasteiger partial charge in [0.05, 0.1) is 22.9 Å². The maximum Gasteiger partial charge on any atom is 0.321 e. The molecule has 1 heterocycles. The Balaban J connectivity index is 1.62. The van der Waals surface area contributed by atoms with E-state index in [9.17, 15) is 36.6 Å². The molecule has 1 aliphatic heterocycles. The average Bonchev–Trinajstić information content (AvgIpc) is 2.94. The molecule has 0 aliphatic carbocycles. The molecule has 268 valence electrons. The Bertz CT molecular complexity index is 1610. The summed E-state index contributed by atoms with van der Waals surface area (Å²) in [5.74, 6) is -1.85. The predicted molar refractivity (Wildman–Crippen MR) is 182 cm³/mol. The molecule has 1 atom stereocenters. The highest BCUT2D eigenvalue weighted by molar-refractivity contribution is 7.92. The number of anilines is 2. The van der Waals surface area contributed by atoms with Crippen LogP contribution < -0.4 is 14.9 Å². The molecule has 14 nitrogen and oxygen atoms in total. The summed E-state index contributed by atoms with van der Waals surface area (Å²) in [6, 6.07) is 10.6. The van der Waals surface area contributed by atoms with Crippen molar-refractivity contribution in [1.29, 1.82) is 0 Å². The number of phenols is 1. The van der Waals surface area contributed by atoms with Gasteiger partial charge in [-0.3, -0.25) is 14.3 Å². The topological polar surface area (TPSA) is 192 Å². The van der Waals surface area contributed by atoms with Crippen molar-refractivity contribution in [3.63, 3.8) is 0 Å². The number of aliphatic hydroxyl groups is 1. The third-order valence-electron chi connectivity index (χ3n) is 7.09. The van der Waals surface area contributed by atoms with E-state index in [-0.39, 0.29) is 28.9 Å². The van der Waals surface area contributed by atoms with Crippen LogP contribution in [0.2, 0.25) is 0 Å². The number of benzene rings is 2. The van der Waals surface area contributed by atoms with Crippen LogP contribution in [0.4, 0.5) is 11.4 Å². The highest BCUT2D eigenvalue weighted by atomic mass is 32.2. The zero-order valence-electron chi connectivity index (χ0n) is 28.5. The van der Waals surface area contributed by atoms with Crippen LogP contribution in [0.25, 0.3) is 0 Å². The fraction of sp³-hybridized carbons (Fsp3) is 0.562. The molecule has 0 amide bonds. The van der Waals surface area contributed by atoms with Crippen molar-refractivity contribution < 1.29 is 46.1 Å². The van der Waals surface area contributed by atoms with Gasteiger partial charge in [0.2, 0.25) is 20.0 Å². The number of nitrogens with one attached hydrogen (secondary N) is 2. The maximum atomic E-state index is 13.6. The Labute approximate surface area is 283 Å². The lowest BCUT2D eigenvalue weighted by Gasteiger charge is -2.34. The molecule has 2 aromatic carbocycles. The van der Waals surface area contributed by atoms with Gasteiger partial charge in [-0.25, -0.2) is 16.8 Å². The van der Waals surface area contributed by atoms with Crippen molar-refractivity contribution in [2.45, 2.75) is 82.6 Å². The van der Waals surface area contributed by atoms with Crippen LogP contribution >= 0.6 is 0 Å². The molecule has 1 saturated heterocycles. The molecule has 48 heavy (non-hydrogen) atoms. The quantitative estimate of drug-likeness (QED) is 0.176. The molecule has 0 aromatic heterocycles. The van der Waals surface area contributed by atoms with E-state index in [1.165, 1.54) is 30.3 Å². The number of nitrogens with zero attached hydrogens (tertiary/aromatic N) is 2. The first kappa shape index (κ1) is 39.0. The Morgan fingerprint density at radius 3 is 1.92 bits per heavy atom. The number of phenolic OH excluding ortho intramolecular Hbond substituents is 1. The Morgan fingerprint density at radius 1 is 0.917 bits per heavy atom. The predicted octanol–water partition coefficient (Wildman–Crippen LogP) is 2.73. The van der Waals surface area contributed by atoms with E-state index in [0.717, 1.165) is 29.1 Å². The fourth-order valence-electron chi connectivity index (χ4n) is 5.02. The van der Waals surface area contributed by atoms with Gasteiger partial charge in [0.1, 0.15) is 30.0 Å². The van der Waals surface area contributed by atoms with Gasteiger partial charge in [-0.1, -0.05) is 6.07 Å². The highest BCUT2D eigenvalue weighted by Gasteiger charge is 2.32. The van der Waals surface area contributed by atoms with Gasteiger partial charge < -0.3 is 29.9 Å². The molecule has 2 aromatic rings. The third kappa shape index (κ3) is 12.2. The summed E-state index contributed by atoms with van der Waals surface area (Å²) in [4.78, 5) is 27.2. The van der Waals surface area contributed by atoms with Crippen LogP contribution in [0.1, 0.15) is 66.1 Å². The molecule has 3 rings (SSSR count). The van der Waals surface area contributed by atoms with Crippen molar-refractivity contribution in [2.24, 2.45) is 0 Å². The second-order valence-electron chi connectivity index (χ2n) is 13.8. The highest BCUT2D eigenvalue weighted by Crippen LogP contribution is 2.28. The van der Waals surface area contributed by atoms with Gasteiger partial charge in [-0.15, -0.1) is 0 Å². The largest absolute Gasteiger partial charge is 0.506 e. The molecule has 16 heteroatoms. The van der Waals surface area contributed by atoms with Gasteiger partial charge in [0.25, 0.3) is 0 Å². The third-order valence-corrected chi connectivity index (χ3v) is 9.48. The summed E-state index contributed by atoms with van der Waals surface area (Å²) < 4.78 is 64.0. The summed E-state index contributed by atoms with van der Waals surface area (Å²) in [6.45, 7) is 10.2. The van der Waals surface area contributed by atoms with Crippen molar-refractivity contribution in [3.8, 4) is 5.75 Å². The Hall–Kier alpha value is -3.44. The van der Waals surface area contributed by atoms with Gasteiger partial charge in [-0.2, -0.15) is 4.31 Å². The summed E-state index contributed by atoms with van der Waals surface area (Å²) >= 11 is 0. The minimum Gasteiger partial charge on any atom is -0.506 e. The number of sulfonamides is 2. The van der Waals surface area contributed by atoms with E-state index in [4.69, 9.17) is 9.47 Å². The van der Waals surface area contributed by atoms with Crippen LogP contribution in [-0.2, 0) is 39.1 Å². The van der Waals surface area contributed by atoms with Crippen LogP contribution in [-0.4, -0.2) is 99.5 Å². The molecule has 0 radical (unpaired) electrons. The number of aromatic hydroxyl groups is 1. The zero-order chi connectivity index (χ0) is 36.1. The normalized spacial score (nSPS) is 15.6. The SMILES string of the molecule is CC(C)(C)OC(=O)CN(CC(=O)OC(C)(C)C)S(=O)(=O)c1ccc(N2CCC(NC[C@@H](O)c3ccc(O)c(NS(C)(=O)=O)c3)CC2)cc1. The number of esters is 2. The number of ether oxygens (including phenoxy) is 2. The molecule has 0 bridgehead atoms. The lowest BCUT2D eigenvalue weighted by Crippen LogP contribution is -2.44. The van der Waals surface area contributed by atoms with E-state index in [1.54, 1.807) is 53.7 Å². The summed E-state index contributed by atoms with van der Waals surface area (Å²) in [5, 5.41) is 24.0. The molecule has 4 N–H and O–H groups in total. The summed E-state index contributed by atoms with van der Waals surface area (Å²) in [6.07, 6.45) is 1.51. The number of hydrogen-bond donors (Lipinski definition) is 4. The number of piperidine rings is 1. The maximum absolute atomic E-state index is 13.6. The minimum absolute atomic E-state index is 0.0139. The van der Waals surface area contributed by atoms with Crippen LogP contribution in [0.15, 0.2) is 47.4 Å². The molecule has 0 saturated carbocycles. The van der Waals surface area contributed by atoms with Crippen molar-refractivity contribution >= 4 is 43.4 Å².